The van der Waals surface area contributed by atoms with Crippen LogP contribution in [0, 0.1) is 18.7 Å². The van der Waals surface area contributed by atoms with Crippen molar-refractivity contribution in [1.29, 1.82) is 0 Å². The molecule has 114 valence electrons. The van der Waals surface area contributed by atoms with Crippen LogP contribution in [0.2, 0.25) is 0 Å². The number of carbonyl (C=O) groups excluding carboxylic acids is 1. The van der Waals surface area contributed by atoms with Gasteiger partial charge in [0.25, 0.3) is 0 Å². The lowest BCUT2D eigenvalue weighted by molar-refractivity contribution is -0.125. The fraction of sp³-hybridized carbons (Fsp3) is 0.611. The lowest BCUT2D eigenvalue weighted by atomic mass is 9.76. The van der Waals surface area contributed by atoms with Gasteiger partial charge in [0.1, 0.15) is 11.6 Å². The zero-order valence-corrected chi connectivity index (χ0v) is 12.9. The molecule has 2 atom stereocenters. The minimum Gasteiger partial charge on any atom is -0.300 e. The summed E-state index contributed by atoms with van der Waals surface area (Å²) in [5.74, 6) is 0.254. The average molecular weight is 289 g/mol. The van der Waals surface area contributed by atoms with Gasteiger partial charge in [-0.25, -0.2) is 4.39 Å². The molecule has 2 unspecified atom stereocenters. The van der Waals surface area contributed by atoms with Gasteiger partial charge in [-0.15, -0.1) is 0 Å². The molecule has 0 radical (unpaired) electrons. The molecule has 0 amide bonds. The maximum absolute atomic E-state index is 13.6. The van der Waals surface area contributed by atoms with E-state index in [9.17, 15) is 9.18 Å². The Bertz CT molecular complexity index is 528. The molecule has 2 saturated heterocycles. The van der Waals surface area contributed by atoms with Gasteiger partial charge in [0, 0.05) is 24.4 Å². The van der Waals surface area contributed by atoms with Crippen molar-refractivity contribution in [3.05, 3.63) is 35.1 Å². The number of nitrogens with zero attached hydrogens (tertiary/aromatic N) is 1. The minimum atomic E-state index is -0.208. The predicted octanol–water partition coefficient (Wildman–Crippen LogP) is 3.51. The number of rotatable bonds is 3. The number of hydrogen-bond acceptors (Lipinski definition) is 2. The van der Waals surface area contributed by atoms with E-state index in [1.165, 1.54) is 25.3 Å². The molecule has 21 heavy (non-hydrogen) atoms. The van der Waals surface area contributed by atoms with Crippen molar-refractivity contribution < 1.29 is 9.18 Å². The highest BCUT2D eigenvalue weighted by molar-refractivity contribution is 5.83. The lowest BCUT2D eigenvalue weighted by Gasteiger charge is -2.46. The maximum atomic E-state index is 13.6. The molecule has 2 aliphatic heterocycles. The second-order valence-electron chi connectivity index (χ2n) is 6.80. The molecule has 0 N–H and O–H groups in total. The summed E-state index contributed by atoms with van der Waals surface area (Å²) >= 11 is 0. The number of hydrogen-bond donors (Lipinski definition) is 0. The van der Waals surface area contributed by atoms with E-state index >= 15 is 0 Å². The van der Waals surface area contributed by atoms with Gasteiger partial charge in [0.15, 0.2) is 0 Å². The maximum Gasteiger partial charge on any atom is 0.140 e. The van der Waals surface area contributed by atoms with Gasteiger partial charge in [-0.2, -0.15) is 0 Å². The van der Waals surface area contributed by atoms with Crippen LogP contribution in [0.1, 0.15) is 43.2 Å². The van der Waals surface area contributed by atoms with Crippen LogP contribution in [0.5, 0.6) is 0 Å². The first-order chi connectivity index (χ1) is 10.0. The molecule has 2 nitrogen and oxygen atoms in total. The summed E-state index contributed by atoms with van der Waals surface area (Å²) in [6.45, 7) is 1.75. The van der Waals surface area contributed by atoms with Gasteiger partial charge >= 0.3 is 0 Å². The molecule has 0 spiro atoms. The third kappa shape index (κ3) is 3.03. The number of aryl methyl sites for hydroxylation is 1. The summed E-state index contributed by atoms with van der Waals surface area (Å²) in [5.41, 5.74) is 1.45. The summed E-state index contributed by atoms with van der Waals surface area (Å²) in [7, 11) is 2.20. The monoisotopic (exact) mass is 289 g/mol. The average Bonchev–Trinajstić information content (AvgIpc) is 2.42. The van der Waals surface area contributed by atoms with E-state index in [2.05, 4.69) is 11.9 Å². The van der Waals surface area contributed by atoms with Crippen molar-refractivity contribution in [1.82, 2.24) is 4.90 Å². The fourth-order valence-electron chi connectivity index (χ4n) is 3.97. The van der Waals surface area contributed by atoms with Crippen molar-refractivity contribution in [2.75, 3.05) is 7.05 Å². The molecule has 2 heterocycles. The smallest absolute Gasteiger partial charge is 0.140 e. The highest BCUT2D eigenvalue weighted by Crippen LogP contribution is 2.36. The molecule has 2 fully saturated rings. The Kier molecular flexibility index (Phi) is 4.12. The molecular weight excluding hydrogens is 265 g/mol. The van der Waals surface area contributed by atoms with Crippen LogP contribution in [0.4, 0.5) is 4.39 Å². The van der Waals surface area contributed by atoms with Crippen LogP contribution < -0.4 is 0 Å². The van der Waals surface area contributed by atoms with Gasteiger partial charge in [-0.05, 0) is 56.8 Å². The summed E-state index contributed by atoms with van der Waals surface area (Å²) in [6.07, 6.45) is 6.08. The lowest BCUT2D eigenvalue weighted by Crippen LogP contribution is -2.51. The molecule has 3 rings (SSSR count). The molecule has 1 aromatic carbocycles. The SMILES string of the molecule is Cc1ccc(CC(=O)C2CC3CCCC(C2)N3C)cc1F. The Hall–Kier alpha value is -1.22. The van der Waals surface area contributed by atoms with Gasteiger partial charge < -0.3 is 4.90 Å². The van der Waals surface area contributed by atoms with Crippen molar-refractivity contribution >= 4 is 5.78 Å². The van der Waals surface area contributed by atoms with Crippen molar-refractivity contribution in [3.63, 3.8) is 0 Å². The number of fused-ring (bicyclic) bond motifs is 2. The zero-order chi connectivity index (χ0) is 15.0. The zero-order valence-electron chi connectivity index (χ0n) is 12.9. The van der Waals surface area contributed by atoms with Gasteiger partial charge in [-0.1, -0.05) is 18.6 Å². The first-order valence-corrected chi connectivity index (χ1v) is 8.04. The number of piperidine rings is 2. The first-order valence-electron chi connectivity index (χ1n) is 8.04. The number of carbonyl (C=O) groups is 1. The molecule has 3 heteroatoms. The van der Waals surface area contributed by atoms with Crippen LogP contribution in [-0.4, -0.2) is 29.8 Å². The van der Waals surface area contributed by atoms with Crippen LogP contribution in [-0.2, 0) is 11.2 Å². The normalized spacial score (nSPS) is 29.4. The third-order valence-corrected chi connectivity index (χ3v) is 5.41. The van der Waals surface area contributed by atoms with Crippen LogP contribution >= 0.6 is 0 Å². The Morgan fingerprint density at radius 3 is 2.57 bits per heavy atom. The molecule has 2 aliphatic rings. The Morgan fingerprint density at radius 2 is 1.95 bits per heavy atom. The highest BCUT2D eigenvalue weighted by Gasteiger charge is 2.38. The molecule has 2 bridgehead atoms. The molecule has 1 aromatic rings. The van der Waals surface area contributed by atoms with Crippen molar-refractivity contribution in [2.45, 2.75) is 57.5 Å². The van der Waals surface area contributed by atoms with Crippen molar-refractivity contribution in [2.24, 2.45) is 5.92 Å². The number of benzene rings is 1. The third-order valence-electron chi connectivity index (χ3n) is 5.41. The van der Waals surface area contributed by atoms with E-state index in [0.29, 0.717) is 29.9 Å². The van der Waals surface area contributed by atoms with Crippen LogP contribution in [0.3, 0.4) is 0 Å². The summed E-state index contributed by atoms with van der Waals surface area (Å²) in [5, 5.41) is 0. The summed E-state index contributed by atoms with van der Waals surface area (Å²) in [4.78, 5) is 15.0. The molecule has 0 aliphatic carbocycles. The van der Waals surface area contributed by atoms with Crippen molar-refractivity contribution in [3.8, 4) is 0 Å². The Balaban J connectivity index is 1.67. The van der Waals surface area contributed by atoms with E-state index < -0.39 is 0 Å². The fourth-order valence-corrected chi connectivity index (χ4v) is 3.97. The van der Waals surface area contributed by atoms with Gasteiger partial charge in [-0.3, -0.25) is 4.79 Å². The number of Topliss-reactive ketones (excluding diaryl/α,β-unsaturated/α-hetero) is 1. The first kappa shape index (κ1) is 14.7. The van der Waals surface area contributed by atoms with E-state index in [0.717, 1.165) is 18.4 Å². The standard InChI is InChI=1S/C18H24FNO/c1-12-6-7-13(8-17(12)19)9-18(21)14-10-15-4-3-5-16(11-14)20(15)2/h6-8,14-16H,3-5,9-11H2,1-2H3. The highest BCUT2D eigenvalue weighted by atomic mass is 19.1. The van der Waals surface area contributed by atoms with Crippen LogP contribution in [0.15, 0.2) is 18.2 Å². The largest absolute Gasteiger partial charge is 0.300 e. The van der Waals surface area contributed by atoms with E-state index in [-0.39, 0.29) is 11.7 Å². The number of halogens is 1. The quantitative estimate of drug-likeness (QED) is 0.848. The second-order valence-corrected chi connectivity index (χ2v) is 6.80. The van der Waals surface area contributed by atoms with E-state index in [4.69, 9.17) is 0 Å². The topological polar surface area (TPSA) is 20.3 Å². The predicted molar refractivity (Wildman–Crippen MR) is 81.8 cm³/mol. The summed E-state index contributed by atoms with van der Waals surface area (Å²) in [6, 6.07) is 6.30. The van der Waals surface area contributed by atoms with Gasteiger partial charge in [0.05, 0.1) is 0 Å². The van der Waals surface area contributed by atoms with E-state index in [1.54, 1.807) is 13.0 Å². The Labute approximate surface area is 126 Å². The Morgan fingerprint density at radius 1 is 1.29 bits per heavy atom. The van der Waals surface area contributed by atoms with E-state index in [1.807, 2.05) is 6.07 Å². The van der Waals surface area contributed by atoms with Gasteiger partial charge in [0.2, 0.25) is 0 Å². The minimum absolute atomic E-state index is 0.167. The van der Waals surface area contributed by atoms with Crippen LogP contribution in [0.25, 0.3) is 0 Å². The number of ketones is 1. The molecular formula is C18H24FNO. The molecule has 0 saturated carbocycles. The molecule has 0 aromatic heterocycles. The summed E-state index contributed by atoms with van der Waals surface area (Å²) < 4.78 is 13.6. The second kappa shape index (κ2) is 5.88.